The molecule has 0 radical (unpaired) electrons. The third-order valence-corrected chi connectivity index (χ3v) is 4.63. The molecule has 0 unspecified atom stereocenters. The van der Waals surface area contributed by atoms with Gasteiger partial charge in [0.2, 0.25) is 5.01 Å². The van der Waals surface area contributed by atoms with Gasteiger partial charge in [-0.05, 0) is 39.2 Å². The number of aromatic carboxylic acids is 1. The van der Waals surface area contributed by atoms with E-state index in [9.17, 15) is 9.90 Å². The van der Waals surface area contributed by atoms with Crippen molar-refractivity contribution >= 4 is 30.5 Å². The van der Waals surface area contributed by atoms with E-state index in [0.717, 1.165) is 11.3 Å². The molecule has 0 bridgehead atoms. The van der Waals surface area contributed by atoms with E-state index in [1.54, 1.807) is 11.5 Å². The number of hydrogen-bond acceptors (Lipinski definition) is 6. The first-order valence-corrected chi connectivity index (χ1v) is 7.40. The van der Waals surface area contributed by atoms with Gasteiger partial charge in [-0.15, -0.1) is 11.3 Å². The average Bonchev–Trinajstić information content (AvgIpc) is 2.90. The van der Waals surface area contributed by atoms with Crippen LogP contribution in [0.3, 0.4) is 0 Å². The van der Waals surface area contributed by atoms with Crippen LogP contribution < -0.4 is 0 Å². The van der Waals surface area contributed by atoms with Gasteiger partial charge in [-0.25, -0.2) is 9.78 Å². The number of aliphatic hydroxyl groups is 1. The van der Waals surface area contributed by atoms with Crippen LogP contribution >= 0.6 is 11.3 Å². The van der Waals surface area contributed by atoms with Gasteiger partial charge in [0.1, 0.15) is 0 Å². The second kappa shape index (κ2) is 5.53. The van der Waals surface area contributed by atoms with Crippen molar-refractivity contribution in [3.63, 3.8) is 0 Å². The number of carboxylic acid groups (broad SMARTS) is 1. The topological polar surface area (TPSA) is 88.9 Å². The Labute approximate surface area is 127 Å². The number of carbonyl (C=O) groups is 1. The van der Waals surface area contributed by atoms with Gasteiger partial charge in [0.05, 0.1) is 23.5 Å². The first kappa shape index (κ1) is 16.2. The predicted molar refractivity (Wildman–Crippen MR) is 80.2 cm³/mol. The normalized spacial score (nSPS) is 20.8. The molecule has 2 rings (SSSR count). The summed E-state index contributed by atoms with van der Waals surface area (Å²) in [7, 11) is -0.671. The van der Waals surface area contributed by atoms with Crippen LogP contribution in [0.4, 0.5) is 0 Å². The predicted octanol–water partition coefficient (Wildman–Crippen LogP) is 1.85. The van der Waals surface area contributed by atoms with Gasteiger partial charge in [-0.2, -0.15) is 0 Å². The van der Waals surface area contributed by atoms with E-state index in [1.165, 1.54) is 0 Å². The Morgan fingerprint density at radius 3 is 2.38 bits per heavy atom. The summed E-state index contributed by atoms with van der Waals surface area (Å²) in [5, 5.41) is 20.0. The number of aliphatic hydroxyl groups excluding tert-OH is 1. The van der Waals surface area contributed by atoms with Crippen LogP contribution in [-0.2, 0) is 9.31 Å². The van der Waals surface area contributed by atoms with E-state index in [4.69, 9.17) is 14.4 Å². The van der Waals surface area contributed by atoms with E-state index >= 15 is 0 Å². The Kier molecular flexibility index (Phi) is 4.25. The van der Waals surface area contributed by atoms with Gasteiger partial charge < -0.3 is 19.5 Å². The van der Waals surface area contributed by atoms with Crippen molar-refractivity contribution in [3.05, 3.63) is 21.6 Å². The Morgan fingerprint density at radius 2 is 1.95 bits per heavy atom. The molecule has 0 aromatic carbocycles. The lowest BCUT2D eigenvalue weighted by atomic mass is 9.78. The molecule has 0 saturated carbocycles. The molecule has 1 saturated heterocycles. The molecule has 6 nitrogen and oxygen atoms in total. The fraction of sp³-hybridized carbons (Fsp3) is 0.538. The smallest absolute Gasteiger partial charge is 0.476 e. The molecular weight excluding hydrogens is 293 g/mol. The Morgan fingerprint density at radius 1 is 1.38 bits per heavy atom. The average molecular weight is 311 g/mol. The van der Waals surface area contributed by atoms with Gasteiger partial charge in [-0.1, -0.05) is 0 Å². The molecule has 8 heteroatoms. The van der Waals surface area contributed by atoms with Crippen LogP contribution in [0, 0.1) is 0 Å². The first-order chi connectivity index (χ1) is 9.66. The minimum Gasteiger partial charge on any atom is -0.476 e. The number of aromatic nitrogens is 1. The summed E-state index contributed by atoms with van der Waals surface area (Å²) < 4.78 is 11.7. The molecule has 21 heavy (non-hydrogen) atoms. The van der Waals surface area contributed by atoms with Gasteiger partial charge in [0, 0.05) is 5.38 Å². The molecule has 1 aromatic heterocycles. The molecule has 0 amide bonds. The van der Waals surface area contributed by atoms with Gasteiger partial charge in [0.15, 0.2) is 0 Å². The lowest BCUT2D eigenvalue weighted by Crippen LogP contribution is -2.41. The van der Waals surface area contributed by atoms with E-state index in [-0.39, 0.29) is 11.6 Å². The van der Waals surface area contributed by atoms with Crippen LogP contribution in [0.2, 0.25) is 0 Å². The number of rotatable bonds is 4. The number of carboxylic acids is 1. The molecule has 1 aliphatic heterocycles. The molecule has 1 aromatic rings. The minimum atomic E-state index is -1.07. The Balaban J connectivity index is 2.24. The van der Waals surface area contributed by atoms with Crippen molar-refractivity contribution in [2.45, 2.75) is 38.9 Å². The van der Waals surface area contributed by atoms with E-state index in [0.29, 0.717) is 11.2 Å². The fourth-order valence-electron chi connectivity index (χ4n) is 1.82. The molecule has 114 valence electrons. The molecule has 2 N–H and O–H groups in total. The largest absolute Gasteiger partial charge is 0.492 e. The van der Waals surface area contributed by atoms with Crippen molar-refractivity contribution in [1.29, 1.82) is 0 Å². The summed E-state index contributed by atoms with van der Waals surface area (Å²) >= 11 is 1.03. The monoisotopic (exact) mass is 311 g/mol. The molecule has 2 heterocycles. The summed E-state index contributed by atoms with van der Waals surface area (Å²) in [6.45, 7) is 7.44. The number of thiazole rings is 1. The highest BCUT2D eigenvalue weighted by molar-refractivity contribution is 7.11. The van der Waals surface area contributed by atoms with Crippen molar-refractivity contribution in [1.82, 2.24) is 4.98 Å². The van der Waals surface area contributed by atoms with Crippen molar-refractivity contribution in [3.8, 4) is 0 Å². The highest BCUT2D eigenvalue weighted by atomic mass is 32.1. The summed E-state index contributed by atoms with van der Waals surface area (Å²) in [5.41, 5.74) is -0.0208. The summed E-state index contributed by atoms with van der Waals surface area (Å²) in [6, 6.07) is 0. The molecule has 1 aliphatic rings. The maximum atomic E-state index is 10.8. The lowest BCUT2D eigenvalue weighted by molar-refractivity contribution is 0.00578. The SMILES string of the molecule is CC1(C)OB(C(=Cc2csc(C(=O)O)n2)CO)OC1(C)C. The van der Waals surface area contributed by atoms with Crippen molar-refractivity contribution in [2.24, 2.45) is 0 Å². The second-order valence-corrected chi connectivity index (χ2v) is 6.71. The van der Waals surface area contributed by atoms with Crippen LogP contribution in [0.5, 0.6) is 0 Å². The number of hydrogen-bond donors (Lipinski definition) is 2. The molecular formula is C13H18BNO5S. The summed E-state index contributed by atoms with van der Waals surface area (Å²) in [5.74, 6) is -1.07. The Hall–Kier alpha value is -1.22. The van der Waals surface area contributed by atoms with E-state index in [2.05, 4.69) is 4.98 Å². The highest BCUT2D eigenvalue weighted by Crippen LogP contribution is 2.38. The zero-order valence-electron chi connectivity index (χ0n) is 12.4. The zero-order chi connectivity index (χ0) is 15.8. The van der Waals surface area contributed by atoms with Crippen molar-refractivity contribution < 1.29 is 24.3 Å². The van der Waals surface area contributed by atoms with Crippen molar-refractivity contribution in [2.75, 3.05) is 6.61 Å². The quantitative estimate of drug-likeness (QED) is 0.825. The van der Waals surface area contributed by atoms with Gasteiger partial charge in [-0.3, -0.25) is 0 Å². The molecule has 0 aliphatic carbocycles. The first-order valence-electron chi connectivity index (χ1n) is 6.52. The van der Waals surface area contributed by atoms with E-state index in [1.807, 2.05) is 27.7 Å². The van der Waals surface area contributed by atoms with Gasteiger partial charge in [0.25, 0.3) is 0 Å². The molecule has 0 spiro atoms. The summed E-state index contributed by atoms with van der Waals surface area (Å²) in [6.07, 6.45) is 1.60. The van der Waals surface area contributed by atoms with E-state index < -0.39 is 24.3 Å². The fourth-order valence-corrected chi connectivity index (χ4v) is 2.44. The number of nitrogens with zero attached hydrogens (tertiary/aromatic N) is 1. The maximum absolute atomic E-state index is 10.8. The standard InChI is InChI=1S/C13H18BNO5S/c1-12(2)13(3,4)20-14(19-12)8(6-16)5-9-7-21-10(15-9)11(17)18/h5,7,16H,6H2,1-4H3,(H,17,18). The van der Waals surface area contributed by atoms with Crippen LogP contribution in [0.1, 0.15) is 43.2 Å². The van der Waals surface area contributed by atoms with Crippen LogP contribution in [0.25, 0.3) is 6.08 Å². The molecule has 1 fully saturated rings. The third kappa shape index (κ3) is 3.18. The maximum Gasteiger partial charge on any atom is 0.492 e. The van der Waals surface area contributed by atoms with Gasteiger partial charge >= 0.3 is 13.1 Å². The van der Waals surface area contributed by atoms with Crippen LogP contribution in [-0.4, -0.2) is 46.1 Å². The third-order valence-electron chi connectivity index (χ3n) is 3.78. The molecule has 0 atom stereocenters. The lowest BCUT2D eigenvalue weighted by Gasteiger charge is -2.32. The second-order valence-electron chi connectivity index (χ2n) is 5.85. The van der Waals surface area contributed by atoms with Crippen LogP contribution in [0.15, 0.2) is 10.9 Å². The zero-order valence-corrected chi connectivity index (χ0v) is 13.2. The highest BCUT2D eigenvalue weighted by Gasteiger charge is 2.52. The minimum absolute atomic E-state index is 0.00691. The Bertz CT molecular complexity index is 565. The summed E-state index contributed by atoms with van der Waals surface area (Å²) in [4.78, 5) is 14.8.